The second-order valence-corrected chi connectivity index (χ2v) is 16.2. The second-order valence-electron chi connectivity index (χ2n) is 15.8. The molecule has 2 aromatic carbocycles. The van der Waals surface area contributed by atoms with Crippen molar-refractivity contribution >= 4 is 57.6 Å². The highest BCUT2D eigenvalue weighted by molar-refractivity contribution is 6.34. The molecule has 2 N–H and O–H groups in total. The number of fused-ring (bicyclic) bond motifs is 1. The fourth-order valence-corrected chi connectivity index (χ4v) is 9.21. The van der Waals surface area contributed by atoms with Crippen molar-refractivity contribution in [1.82, 2.24) is 29.9 Å². The molecule has 8 rings (SSSR count). The number of hydrogen-bond acceptors (Lipinski definition) is 8. The molecule has 306 valence electrons. The summed E-state index contributed by atoms with van der Waals surface area (Å²) in [4.78, 5) is 60.0. The van der Waals surface area contributed by atoms with Gasteiger partial charge in [0.25, 0.3) is 11.8 Å². The predicted molar refractivity (Wildman–Crippen MR) is 210 cm³/mol. The Kier molecular flexibility index (Phi) is 10.8. The molecule has 4 aromatic rings. The van der Waals surface area contributed by atoms with Gasteiger partial charge in [-0.25, -0.2) is 9.78 Å². The number of carbonyl (C=O) groups excluding carboxylic acids is 4. The number of pyridine rings is 1. The van der Waals surface area contributed by atoms with Crippen LogP contribution in [0.1, 0.15) is 90.4 Å². The predicted octanol–water partition coefficient (Wildman–Crippen LogP) is 7.31. The minimum atomic E-state index is -4.67. The zero-order valence-corrected chi connectivity index (χ0v) is 32.7. The third-order valence-corrected chi connectivity index (χ3v) is 12.7. The Balaban J connectivity index is 0.831. The molecule has 13 nitrogen and oxygen atoms in total. The van der Waals surface area contributed by atoms with E-state index in [4.69, 9.17) is 21.4 Å². The Morgan fingerprint density at radius 1 is 0.931 bits per heavy atom. The van der Waals surface area contributed by atoms with E-state index in [2.05, 4.69) is 20.5 Å². The van der Waals surface area contributed by atoms with E-state index in [0.717, 1.165) is 82.0 Å². The lowest BCUT2D eigenvalue weighted by atomic mass is 9.70. The highest BCUT2D eigenvalue weighted by Crippen LogP contribution is 2.44. The van der Waals surface area contributed by atoms with Crippen LogP contribution in [0.25, 0.3) is 10.9 Å². The first-order valence-electron chi connectivity index (χ1n) is 19.7. The van der Waals surface area contributed by atoms with Crippen molar-refractivity contribution in [3.8, 4) is 5.75 Å². The average Bonchev–Trinajstić information content (AvgIpc) is 3.64. The number of amides is 5. The van der Waals surface area contributed by atoms with Crippen LogP contribution < -0.4 is 20.3 Å². The van der Waals surface area contributed by atoms with Gasteiger partial charge in [-0.05, 0) is 106 Å². The van der Waals surface area contributed by atoms with Crippen LogP contribution in [-0.2, 0) is 11.0 Å². The van der Waals surface area contributed by atoms with Gasteiger partial charge in [0.15, 0.2) is 0 Å². The van der Waals surface area contributed by atoms with Gasteiger partial charge in [0.05, 0.1) is 35.1 Å². The number of urea groups is 1. The highest BCUT2D eigenvalue weighted by atomic mass is 35.5. The zero-order valence-electron chi connectivity index (χ0n) is 32.0. The van der Waals surface area contributed by atoms with E-state index in [9.17, 15) is 32.3 Å². The van der Waals surface area contributed by atoms with Gasteiger partial charge in [-0.3, -0.25) is 29.3 Å². The third kappa shape index (κ3) is 8.08. The number of hydrogen-bond donors (Lipinski definition) is 2. The fourth-order valence-electron chi connectivity index (χ4n) is 9.00. The number of anilines is 2. The van der Waals surface area contributed by atoms with Gasteiger partial charge in [0.1, 0.15) is 17.1 Å². The standard InChI is InChI=1S/C41H44ClF3N8O5/c1-58-34-23-31-26(21-32(34)47-37(55)30-3-2-4-35(46-30)41(43,44)45)24-53(49-31)28-8-6-27(7-9-28)50-17-12-40(13-18-50)14-19-51(20-15-40)38(56)25-5-10-29(42)33(22-25)52-16-11-36(54)48-39(52)57/h2-5,10,21-24,27-28H,6-9,11-20H2,1H3,(H,47,55)(H,48,54,57). The van der Waals surface area contributed by atoms with Crippen LogP contribution in [0.15, 0.2) is 54.7 Å². The molecule has 3 saturated heterocycles. The minimum Gasteiger partial charge on any atom is -0.494 e. The number of ether oxygens (including phenoxy) is 1. The Hall–Kier alpha value is -5.22. The summed E-state index contributed by atoms with van der Waals surface area (Å²) >= 11 is 6.41. The van der Waals surface area contributed by atoms with E-state index < -0.39 is 23.8 Å². The molecule has 4 aliphatic rings. The number of imide groups is 1. The lowest BCUT2D eigenvalue weighted by Gasteiger charge is -2.49. The molecule has 2 aromatic heterocycles. The fraction of sp³-hybridized carbons (Fsp3) is 0.463. The number of likely N-dealkylation sites (tertiary alicyclic amines) is 2. The summed E-state index contributed by atoms with van der Waals surface area (Å²) in [6.45, 7) is 3.60. The number of rotatable bonds is 7. The first-order chi connectivity index (χ1) is 27.8. The first-order valence-corrected chi connectivity index (χ1v) is 20.0. The van der Waals surface area contributed by atoms with Crippen LogP contribution in [0.5, 0.6) is 5.75 Å². The molecule has 0 unspecified atom stereocenters. The van der Waals surface area contributed by atoms with Gasteiger partial charge in [0.2, 0.25) is 5.91 Å². The average molecular weight is 821 g/mol. The van der Waals surface area contributed by atoms with E-state index in [1.165, 1.54) is 18.1 Å². The summed E-state index contributed by atoms with van der Waals surface area (Å²) < 4.78 is 47.0. The molecule has 17 heteroatoms. The second kappa shape index (κ2) is 15.9. The maximum Gasteiger partial charge on any atom is 0.433 e. The maximum atomic E-state index is 13.6. The van der Waals surface area contributed by atoms with E-state index in [-0.39, 0.29) is 41.9 Å². The van der Waals surface area contributed by atoms with Gasteiger partial charge in [-0.15, -0.1) is 0 Å². The number of benzene rings is 2. The number of halogens is 4. The van der Waals surface area contributed by atoms with Crippen molar-refractivity contribution in [2.75, 3.05) is 50.1 Å². The number of nitrogens with one attached hydrogen (secondary N) is 2. The van der Waals surface area contributed by atoms with Crippen LogP contribution >= 0.6 is 11.6 Å². The number of nitrogens with zero attached hydrogens (tertiary/aromatic N) is 6. The number of alkyl halides is 3. The molecular formula is C41H44ClF3N8O5. The van der Waals surface area contributed by atoms with Gasteiger partial charge in [-0.2, -0.15) is 18.3 Å². The maximum absolute atomic E-state index is 13.6. The molecular weight excluding hydrogens is 777 g/mol. The Morgan fingerprint density at radius 2 is 1.64 bits per heavy atom. The summed E-state index contributed by atoms with van der Waals surface area (Å²) in [7, 11) is 1.45. The Morgan fingerprint density at radius 3 is 2.33 bits per heavy atom. The number of methoxy groups -OCH3 is 1. The smallest absolute Gasteiger partial charge is 0.433 e. The Labute approximate surface area is 337 Å². The first kappa shape index (κ1) is 39.6. The van der Waals surface area contributed by atoms with Crippen molar-refractivity contribution < 1.29 is 37.1 Å². The van der Waals surface area contributed by atoms with Crippen molar-refractivity contribution in [2.24, 2.45) is 5.41 Å². The van der Waals surface area contributed by atoms with E-state index in [1.807, 2.05) is 15.8 Å². The Bertz CT molecular complexity index is 2240. The van der Waals surface area contributed by atoms with Crippen molar-refractivity contribution in [2.45, 2.75) is 76.0 Å². The van der Waals surface area contributed by atoms with Crippen LogP contribution in [0, 0.1) is 5.41 Å². The number of aromatic nitrogens is 3. The molecule has 0 atom stereocenters. The summed E-state index contributed by atoms with van der Waals surface area (Å²) in [5, 5.41) is 10.9. The zero-order chi connectivity index (χ0) is 40.8. The summed E-state index contributed by atoms with van der Waals surface area (Å²) in [5.74, 6) is -0.866. The molecule has 58 heavy (non-hydrogen) atoms. The molecule has 5 amide bonds. The third-order valence-electron chi connectivity index (χ3n) is 12.4. The van der Waals surface area contributed by atoms with Gasteiger partial charge < -0.3 is 19.9 Å². The quantitative estimate of drug-likeness (QED) is 0.198. The van der Waals surface area contributed by atoms with E-state index in [0.29, 0.717) is 52.4 Å². The molecule has 3 aliphatic heterocycles. The molecule has 1 saturated carbocycles. The van der Waals surface area contributed by atoms with Crippen LogP contribution in [0.4, 0.5) is 29.3 Å². The number of piperidine rings is 2. The molecule has 1 aliphatic carbocycles. The number of carbonyl (C=O) groups is 4. The highest BCUT2D eigenvalue weighted by Gasteiger charge is 2.41. The molecule has 5 heterocycles. The molecule has 0 bridgehead atoms. The summed E-state index contributed by atoms with van der Waals surface area (Å²) in [5.41, 5.74) is 0.596. The van der Waals surface area contributed by atoms with E-state index in [1.54, 1.807) is 30.3 Å². The largest absolute Gasteiger partial charge is 0.494 e. The van der Waals surface area contributed by atoms with E-state index >= 15 is 0 Å². The van der Waals surface area contributed by atoms with Crippen molar-refractivity contribution in [1.29, 1.82) is 0 Å². The SMILES string of the molecule is COc1cc2nn(C3CCC(N4CCC5(CCN(C(=O)c6ccc(Cl)c(N7CCC(=O)NC7=O)c6)CC5)CC4)CC3)cc2cc1NC(=O)c1cccc(C(F)(F)F)n1. The summed E-state index contributed by atoms with van der Waals surface area (Å²) in [6, 6.07) is 11.7. The van der Waals surface area contributed by atoms with Crippen molar-refractivity contribution in [3.05, 3.63) is 76.7 Å². The molecule has 4 fully saturated rings. The monoisotopic (exact) mass is 820 g/mol. The van der Waals surface area contributed by atoms with Gasteiger partial charge >= 0.3 is 12.2 Å². The van der Waals surface area contributed by atoms with Gasteiger partial charge in [0, 0.05) is 55.3 Å². The van der Waals surface area contributed by atoms with Crippen LogP contribution in [0.3, 0.4) is 0 Å². The minimum absolute atomic E-state index is 0.0848. The topological polar surface area (TPSA) is 142 Å². The van der Waals surface area contributed by atoms with Crippen molar-refractivity contribution in [3.63, 3.8) is 0 Å². The lowest BCUT2D eigenvalue weighted by Crippen LogP contribution is -2.51. The lowest BCUT2D eigenvalue weighted by molar-refractivity contribution is -0.141. The summed E-state index contributed by atoms with van der Waals surface area (Å²) in [6.07, 6.45) is 5.54. The van der Waals surface area contributed by atoms with Crippen LogP contribution in [0.2, 0.25) is 5.02 Å². The molecule has 0 radical (unpaired) electrons. The normalized spacial score (nSPS) is 21.6. The van der Waals surface area contributed by atoms with Gasteiger partial charge in [-0.1, -0.05) is 17.7 Å². The van der Waals surface area contributed by atoms with Crippen LogP contribution in [-0.4, -0.2) is 94.2 Å². The molecule has 1 spiro atoms.